The number of aromatic nitrogens is 2. The number of halogens is 2. The molecule has 9 heteroatoms. The molecule has 0 aliphatic heterocycles. The number of carbonyl (C=O) groups is 1. The van der Waals surface area contributed by atoms with E-state index in [0.717, 1.165) is 4.68 Å². The van der Waals surface area contributed by atoms with Crippen molar-refractivity contribution in [1.29, 1.82) is 0 Å². The predicted molar refractivity (Wildman–Crippen MR) is 80.7 cm³/mol. The third-order valence-electron chi connectivity index (χ3n) is 2.47. The van der Waals surface area contributed by atoms with Gasteiger partial charge in [0.15, 0.2) is 5.15 Å². The molecule has 0 aliphatic rings. The molecule has 1 aromatic heterocycles. The van der Waals surface area contributed by atoms with Crippen molar-refractivity contribution in [2.45, 2.75) is 26.4 Å². The molecule has 2 aromatic rings. The zero-order chi connectivity index (χ0) is 15.9. The number of nitro benzene ring substituents is 1. The molecule has 21 heavy (non-hydrogen) atoms. The van der Waals surface area contributed by atoms with Gasteiger partial charge in [-0.2, -0.15) is 4.68 Å². The van der Waals surface area contributed by atoms with Gasteiger partial charge in [0.2, 0.25) is 0 Å². The Balaban J connectivity index is 2.63. The van der Waals surface area contributed by atoms with Gasteiger partial charge in [-0.3, -0.25) is 10.1 Å². The summed E-state index contributed by atoms with van der Waals surface area (Å²) in [6, 6.07) is 2.67. The summed E-state index contributed by atoms with van der Waals surface area (Å²) in [6.45, 7) is 5.12. The SMILES string of the molecule is CC(C)(C)OC(=O)n1nc(Cl)c2cc(Br)c([N+](=O)[O-])cc21. The van der Waals surface area contributed by atoms with Gasteiger partial charge in [0.1, 0.15) is 5.60 Å². The molecule has 0 N–H and O–H groups in total. The van der Waals surface area contributed by atoms with Crippen LogP contribution in [-0.4, -0.2) is 26.4 Å². The number of nitro groups is 1. The van der Waals surface area contributed by atoms with Crippen molar-refractivity contribution in [2.24, 2.45) is 0 Å². The summed E-state index contributed by atoms with van der Waals surface area (Å²) in [7, 11) is 0. The molecule has 1 aromatic carbocycles. The first-order valence-corrected chi connectivity index (χ1v) is 7.03. The first kappa shape index (κ1) is 15.7. The summed E-state index contributed by atoms with van der Waals surface area (Å²) in [6.07, 6.45) is -0.754. The van der Waals surface area contributed by atoms with Crippen LogP contribution in [0.15, 0.2) is 16.6 Å². The zero-order valence-corrected chi connectivity index (χ0v) is 13.7. The minimum Gasteiger partial charge on any atom is -0.442 e. The highest BCUT2D eigenvalue weighted by Crippen LogP contribution is 2.33. The molecule has 0 unspecified atom stereocenters. The van der Waals surface area contributed by atoms with E-state index in [1.807, 2.05) is 0 Å². The Labute approximate surface area is 133 Å². The topological polar surface area (TPSA) is 87.3 Å². The Kier molecular flexibility index (Phi) is 3.94. The number of nitrogens with zero attached hydrogens (tertiary/aromatic N) is 3. The van der Waals surface area contributed by atoms with E-state index in [2.05, 4.69) is 21.0 Å². The molecule has 0 atom stereocenters. The fraction of sp³-hybridized carbons (Fsp3) is 0.333. The van der Waals surface area contributed by atoms with Crippen LogP contribution in [0, 0.1) is 10.1 Å². The standard InChI is InChI=1S/C12H11BrClN3O4/c1-12(2,3)21-11(18)16-8-5-9(17(19)20)7(13)4-6(8)10(14)15-16/h4-5H,1-3H3. The monoisotopic (exact) mass is 375 g/mol. The molecule has 2 rings (SSSR count). The quantitative estimate of drug-likeness (QED) is 0.551. The lowest BCUT2D eigenvalue weighted by atomic mass is 10.2. The fourth-order valence-electron chi connectivity index (χ4n) is 1.67. The number of hydrogen-bond donors (Lipinski definition) is 0. The first-order valence-electron chi connectivity index (χ1n) is 5.85. The maximum atomic E-state index is 12.1. The second kappa shape index (κ2) is 5.27. The predicted octanol–water partition coefficient (Wildman–Crippen LogP) is 4.14. The lowest BCUT2D eigenvalue weighted by Crippen LogP contribution is -2.27. The van der Waals surface area contributed by atoms with Crippen LogP contribution in [-0.2, 0) is 4.74 Å². The van der Waals surface area contributed by atoms with Crippen molar-refractivity contribution >= 4 is 50.2 Å². The van der Waals surface area contributed by atoms with E-state index < -0.39 is 16.6 Å². The van der Waals surface area contributed by atoms with Crippen molar-refractivity contribution in [1.82, 2.24) is 9.78 Å². The smallest absolute Gasteiger partial charge is 0.435 e. The molecule has 0 saturated heterocycles. The largest absolute Gasteiger partial charge is 0.442 e. The van der Waals surface area contributed by atoms with Crippen molar-refractivity contribution in [3.63, 3.8) is 0 Å². The minimum atomic E-state index is -0.754. The van der Waals surface area contributed by atoms with Crippen molar-refractivity contribution < 1.29 is 14.5 Å². The zero-order valence-electron chi connectivity index (χ0n) is 11.4. The van der Waals surface area contributed by atoms with Crippen molar-refractivity contribution in [3.05, 3.63) is 31.9 Å². The normalized spacial score (nSPS) is 11.7. The summed E-state index contributed by atoms with van der Waals surface area (Å²) >= 11 is 9.06. The highest BCUT2D eigenvalue weighted by atomic mass is 79.9. The Morgan fingerprint density at radius 3 is 2.62 bits per heavy atom. The summed E-state index contributed by atoms with van der Waals surface area (Å²) < 4.78 is 6.37. The third kappa shape index (κ3) is 3.16. The third-order valence-corrected chi connectivity index (χ3v) is 3.38. The second-order valence-corrected chi connectivity index (χ2v) is 6.47. The molecule has 0 spiro atoms. The van der Waals surface area contributed by atoms with Gasteiger partial charge in [-0.1, -0.05) is 11.6 Å². The van der Waals surface area contributed by atoms with Gasteiger partial charge in [0.25, 0.3) is 5.69 Å². The van der Waals surface area contributed by atoms with Crippen LogP contribution in [0.1, 0.15) is 20.8 Å². The van der Waals surface area contributed by atoms with E-state index in [9.17, 15) is 14.9 Å². The number of benzene rings is 1. The lowest BCUT2D eigenvalue weighted by Gasteiger charge is -2.19. The number of ether oxygens (including phenoxy) is 1. The van der Waals surface area contributed by atoms with E-state index in [1.54, 1.807) is 20.8 Å². The van der Waals surface area contributed by atoms with Gasteiger partial charge < -0.3 is 4.74 Å². The molecule has 0 bridgehead atoms. The van der Waals surface area contributed by atoms with Gasteiger partial charge in [-0.15, -0.1) is 5.10 Å². The van der Waals surface area contributed by atoms with Gasteiger partial charge >= 0.3 is 6.09 Å². The van der Waals surface area contributed by atoms with Gasteiger partial charge in [-0.25, -0.2) is 4.79 Å². The molecule has 0 fully saturated rings. The number of carbonyl (C=O) groups excluding carboxylic acids is 1. The van der Waals surface area contributed by atoms with Crippen LogP contribution in [0.4, 0.5) is 10.5 Å². The van der Waals surface area contributed by atoms with E-state index in [-0.39, 0.29) is 20.8 Å². The molecule has 112 valence electrons. The first-order chi connectivity index (χ1) is 9.60. The minimum absolute atomic E-state index is 0.0615. The average molecular weight is 377 g/mol. The molecule has 7 nitrogen and oxygen atoms in total. The van der Waals surface area contributed by atoms with E-state index in [0.29, 0.717) is 5.39 Å². The lowest BCUT2D eigenvalue weighted by molar-refractivity contribution is -0.385. The number of hydrogen-bond acceptors (Lipinski definition) is 5. The van der Waals surface area contributed by atoms with Crippen LogP contribution in [0.2, 0.25) is 5.15 Å². The van der Waals surface area contributed by atoms with Crippen LogP contribution in [0.3, 0.4) is 0 Å². The molecule has 0 aliphatic carbocycles. The molecule has 0 radical (unpaired) electrons. The van der Waals surface area contributed by atoms with Gasteiger partial charge in [0.05, 0.1) is 14.9 Å². The van der Waals surface area contributed by atoms with Crippen molar-refractivity contribution in [2.75, 3.05) is 0 Å². The van der Waals surface area contributed by atoms with E-state index >= 15 is 0 Å². The summed E-state index contributed by atoms with van der Waals surface area (Å²) in [5.74, 6) is 0. The van der Waals surface area contributed by atoms with Crippen LogP contribution in [0.5, 0.6) is 0 Å². The van der Waals surface area contributed by atoms with Crippen LogP contribution < -0.4 is 0 Å². The molecule has 1 heterocycles. The Morgan fingerprint density at radius 2 is 2.10 bits per heavy atom. The highest BCUT2D eigenvalue weighted by molar-refractivity contribution is 9.10. The summed E-state index contributed by atoms with van der Waals surface area (Å²) in [4.78, 5) is 22.5. The molecular formula is C12H11BrClN3O4. The summed E-state index contributed by atoms with van der Waals surface area (Å²) in [5.41, 5.74) is -0.698. The summed E-state index contributed by atoms with van der Waals surface area (Å²) in [5, 5.41) is 15.3. The Hall–Kier alpha value is -1.67. The van der Waals surface area contributed by atoms with E-state index in [1.165, 1.54) is 12.1 Å². The van der Waals surface area contributed by atoms with Crippen LogP contribution >= 0.6 is 27.5 Å². The second-order valence-electron chi connectivity index (χ2n) is 5.26. The van der Waals surface area contributed by atoms with Crippen molar-refractivity contribution in [3.8, 4) is 0 Å². The van der Waals surface area contributed by atoms with Crippen LogP contribution in [0.25, 0.3) is 10.9 Å². The number of fused-ring (bicyclic) bond motifs is 1. The Morgan fingerprint density at radius 1 is 1.48 bits per heavy atom. The fourth-order valence-corrected chi connectivity index (χ4v) is 2.39. The maximum absolute atomic E-state index is 12.1. The number of rotatable bonds is 1. The molecular weight excluding hydrogens is 366 g/mol. The van der Waals surface area contributed by atoms with Gasteiger partial charge in [0, 0.05) is 11.5 Å². The van der Waals surface area contributed by atoms with Gasteiger partial charge in [-0.05, 0) is 42.8 Å². The maximum Gasteiger partial charge on any atom is 0.435 e. The molecule has 0 saturated carbocycles. The average Bonchev–Trinajstić information content (AvgIpc) is 2.63. The Bertz CT molecular complexity index is 751. The highest BCUT2D eigenvalue weighted by Gasteiger charge is 2.24. The molecule has 0 amide bonds. The van der Waals surface area contributed by atoms with E-state index in [4.69, 9.17) is 16.3 Å².